The summed E-state index contributed by atoms with van der Waals surface area (Å²) in [6.07, 6.45) is 0. The maximum absolute atomic E-state index is 11.9. The lowest BCUT2D eigenvalue weighted by Crippen LogP contribution is -2.22. The molecule has 0 aromatic heterocycles. The van der Waals surface area contributed by atoms with Crippen molar-refractivity contribution in [1.29, 1.82) is 0 Å². The van der Waals surface area contributed by atoms with Gasteiger partial charge in [0.25, 0.3) is 0 Å². The predicted octanol–water partition coefficient (Wildman–Crippen LogP) is 3.35. The minimum absolute atomic E-state index is 0.118. The van der Waals surface area contributed by atoms with Crippen molar-refractivity contribution in [1.82, 2.24) is 0 Å². The van der Waals surface area contributed by atoms with E-state index < -0.39 is 0 Å². The minimum Gasteiger partial charge on any atom is -0.495 e. The van der Waals surface area contributed by atoms with Crippen LogP contribution in [0.1, 0.15) is 0 Å². The zero-order valence-electron chi connectivity index (χ0n) is 11.0. The molecule has 2 aromatic rings. The summed E-state index contributed by atoms with van der Waals surface area (Å²) in [7, 11) is 1.58. The molecule has 0 aliphatic carbocycles. The number of hydrogen-bond acceptors (Lipinski definition) is 3. The smallest absolute Gasteiger partial charge is 0.243 e. The van der Waals surface area contributed by atoms with Gasteiger partial charge in [0.2, 0.25) is 5.91 Å². The van der Waals surface area contributed by atoms with Crippen molar-refractivity contribution >= 4 is 39.9 Å². The number of nitrogens with one attached hydrogen (secondary N) is 2. The van der Waals surface area contributed by atoms with Crippen LogP contribution in [0.15, 0.2) is 48.5 Å². The predicted molar refractivity (Wildman–Crippen MR) is 89.3 cm³/mol. The van der Waals surface area contributed by atoms with E-state index in [0.29, 0.717) is 11.4 Å². The van der Waals surface area contributed by atoms with Gasteiger partial charge in [-0.3, -0.25) is 4.79 Å². The average Bonchev–Trinajstić information content (AvgIpc) is 2.47. The van der Waals surface area contributed by atoms with Crippen LogP contribution in [-0.4, -0.2) is 19.6 Å². The third-order valence-electron chi connectivity index (χ3n) is 2.68. The number of halogens is 1. The van der Waals surface area contributed by atoms with E-state index in [-0.39, 0.29) is 12.5 Å². The van der Waals surface area contributed by atoms with E-state index in [9.17, 15) is 4.79 Å². The van der Waals surface area contributed by atoms with Crippen LogP contribution in [-0.2, 0) is 4.79 Å². The Morgan fingerprint density at radius 2 is 1.85 bits per heavy atom. The average molecular weight is 382 g/mol. The van der Waals surface area contributed by atoms with Gasteiger partial charge in [-0.1, -0.05) is 12.1 Å². The SMILES string of the molecule is COc1ccccc1NC(=O)CNc1ccc(I)cc1. The summed E-state index contributed by atoms with van der Waals surface area (Å²) in [5.41, 5.74) is 1.59. The molecule has 2 rings (SSSR count). The molecular formula is C15H15IN2O2. The van der Waals surface area contributed by atoms with Crippen LogP contribution in [0.2, 0.25) is 0 Å². The van der Waals surface area contributed by atoms with E-state index in [1.807, 2.05) is 48.5 Å². The largest absolute Gasteiger partial charge is 0.495 e. The standard InChI is InChI=1S/C15H15IN2O2/c1-20-14-5-3-2-4-13(14)18-15(19)10-17-12-8-6-11(16)7-9-12/h2-9,17H,10H2,1H3,(H,18,19). The van der Waals surface area contributed by atoms with E-state index in [1.165, 1.54) is 0 Å². The number of carbonyl (C=O) groups excluding carboxylic acids is 1. The van der Waals surface area contributed by atoms with Crippen LogP contribution in [0.25, 0.3) is 0 Å². The lowest BCUT2D eigenvalue weighted by atomic mass is 10.3. The van der Waals surface area contributed by atoms with Gasteiger partial charge in [-0.15, -0.1) is 0 Å². The van der Waals surface area contributed by atoms with Crippen LogP contribution in [0.4, 0.5) is 11.4 Å². The maximum atomic E-state index is 11.9. The number of anilines is 2. The van der Waals surface area contributed by atoms with Crippen molar-refractivity contribution in [3.05, 3.63) is 52.1 Å². The maximum Gasteiger partial charge on any atom is 0.243 e. The Kier molecular flexibility index (Phi) is 5.23. The van der Waals surface area contributed by atoms with Gasteiger partial charge < -0.3 is 15.4 Å². The highest BCUT2D eigenvalue weighted by Crippen LogP contribution is 2.22. The summed E-state index contributed by atoms with van der Waals surface area (Å²) in [6, 6.07) is 15.2. The van der Waals surface area contributed by atoms with E-state index in [1.54, 1.807) is 7.11 Å². The number of rotatable bonds is 5. The van der Waals surface area contributed by atoms with Crippen molar-refractivity contribution in [2.24, 2.45) is 0 Å². The summed E-state index contributed by atoms with van der Waals surface area (Å²) in [5, 5.41) is 5.89. The van der Waals surface area contributed by atoms with Crippen molar-refractivity contribution in [3.8, 4) is 5.75 Å². The Hall–Kier alpha value is -1.76. The van der Waals surface area contributed by atoms with Crippen LogP contribution in [0.3, 0.4) is 0 Å². The molecule has 0 saturated heterocycles. The van der Waals surface area contributed by atoms with Gasteiger partial charge in [-0.2, -0.15) is 0 Å². The third kappa shape index (κ3) is 4.12. The number of ether oxygens (including phenoxy) is 1. The molecule has 0 aliphatic rings. The molecule has 104 valence electrons. The van der Waals surface area contributed by atoms with Crippen LogP contribution >= 0.6 is 22.6 Å². The molecule has 0 heterocycles. The first-order valence-corrected chi connectivity index (χ1v) is 7.19. The van der Waals surface area contributed by atoms with Gasteiger partial charge in [0, 0.05) is 9.26 Å². The second-order valence-electron chi connectivity index (χ2n) is 4.11. The number of para-hydroxylation sites is 2. The van der Waals surface area contributed by atoms with Gasteiger partial charge in [0.05, 0.1) is 19.3 Å². The summed E-state index contributed by atoms with van der Waals surface area (Å²) in [4.78, 5) is 11.9. The van der Waals surface area contributed by atoms with Crippen molar-refractivity contribution in [2.45, 2.75) is 0 Å². The molecule has 0 unspecified atom stereocenters. The molecule has 1 amide bonds. The monoisotopic (exact) mass is 382 g/mol. The van der Waals surface area contributed by atoms with Crippen molar-refractivity contribution < 1.29 is 9.53 Å². The molecule has 2 aromatic carbocycles. The van der Waals surface area contributed by atoms with Gasteiger partial charge >= 0.3 is 0 Å². The first-order valence-electron chi connectivity index (χ1n) is 6.11. The quantitative estimate of drug-likeness (QED) is 0.780. The Labute approximate surface area is 131 Å². The van der Waals surface area contributed by atoms with Crippen LogP contribution < -0.4 is 15.4 Å². The summed E-state index contributed by atoms with van der Waals surface area (Å²) < 4.78 is 6.35. The van der Waals surface area contributed by atoms with Crippen LogP contribution in [0, 0.1) is 3.57 Å². The molecule has 5 heteroatoms. The zero-order valence-corrected chi connectivity index (χ0v) is 13.2. The highest BCUT2D eigenvalue weighted by Gasteiger charge is 2.06. The zero-order chi connectivity index (χ0) is 14.4. The second-order valence-corrected chi connectivity index (χ2v) is 5.35. The lowest BCUT2D eigenvalue weighted by Gasteiger charge is -2.10. The first-order chi connectivity index (χ1) is 9.69. The first kappa shape index (κ1) is 14.6. The third-order valence-corrected chi connectivity index (χ3v) is 3.40. The number of methoxy groups -OCH3 is 1. The molecule has 0 bridgehead atoms. The highest BCUT2D eigenvalue weighted by atomic mass is 127. The number of hydrogen-bond donors (Lipinski definition) is 2. The fraction of sp³-hybridized carbons (Fsp3) is 0.133. The lowest BCUT2D eigenvalue weighted by molar-refractivity contribution is -0.114. The summed E-state index contributed by atoms with van der Waals surface area (Å²) in [5.74, 6) is 0.531. The molecule has 0 atom stereocenters. The summed E-state index contributed by atoms with van der Waals surface area (Å²) in [6.45, 7) is 0.207. The van der Waals surface area contributed by atoms with E-state index in [4.69, 9.17) is 4.74 Å². The Bertz CT molecular complexity index is 585. The van der Waals surface area contributed by atoms with Crippen LogP contribution in [0.5, 0.6) is 5.75 Å². The molecule has 20 heavy (non-hydrogen) atoms. The number of benzene rings is 2. The molecular weight excluding hydrogens is 367 g/mol. The highest BCUT2D eigenvalue weighted by molar-refractivity contribution is 14.1. The van der Waals surface area contributed by atoms with Gasteiger partial charge in [0.1, 0.15) is 5.75 Å². The molecule has 0 spiro atoms. The second kappa shape index (κ2) is 7.14. The van der Waals surface area contributed by atoms with Gasteiger partial charge in [-0.05, 0) is 59.0 Å². The normalized spacial score (nSPS) is 9.90. The number of amides is 1. The molecule has 2 N–H and O–H groups in total. The minimum atomic E-state index is -0.118. The fourth-order valence-electron chi connectivity index (χ4n) is 1.69. The molecule has 0 fully saturated rings. The Balaban J connectivity index is 1.91. The topological polar surface area (TPSA) is 50.4 Å². The van der Waals surface area contributed by atoms with E-state index in [2.05, 4.69) is 33.2 Å². The molecule has 4 nitrogen and oxygen atoms in total. The molecule has 0 saturated carbocycles. The Morgan fingerprint density at radius 3 is 2.55 bits per heavy atom. The number of carbonyl (C=O) groups is 1. The van der Waals surface area contributed by atoms with E-state index >= 15 is 0 Å². The molecule has 0 radical (unpaired) electrons. The van der Waals surface area contributed by atoms with Crippen molar-refractivity contribution in [2.75, 3.05) is 24.3 Å². The van der Waals surface area contributed by atoms with Crippen molar-refractivity contribution in [3.63, 3.8) is 0 Å². The van der Waals surface area contributed by atoms with E-state index in [0.717, 1.165) is 9.26 Å². The summed E-state index contributed by atoms with van der Waals surface area (Å²) >= 11 is 2.24. The fourth-order valence-corrected chi connectivity index (χ4v) is 2.05. The Morgan fingerprint density at radius 1 is 1.15 bits per heavy atom. The van der Waals surface area contributed by atoms with Gasteiger partial charge in [0.15, 0.2) is 0 Å². The molecule has 0 aliphatic heterocycles. The van der Waals surface area contributed by atoms with Gasteiger partial charge in [-0.25, -0.2) is 0 Å².